The molecule has 0 atom stereocenters. The molecule has 4 nitrogen and oxygen atoms in total. The number of aromatic carboxylic acids is 1. The second kappa shape index (κ2) is 5.65. The summed E-state index contributed by atoms with van der Waals surface area (Å²) in [5.74, 6) is -5.72. The summed E-state index contributed by atoms with van der Waals surface area (Å²) < 4.78 is 65.4. The number of carboxylic acid groups (broad SMARTS) is 1. The van der Waals surface area contributed by atoms with Crippen LogP contribution >= 0.6 is 11.6 Å². The molecule has 2 aromatic rings. The van der Waals surface area contributed by atoms with E-state index in [4.69, 9.17) is 22.4 Å². The van der Waals surface area contributed by atoms with Crippen LogP contribution in [0.25, 0.3) is 11.1 Å². The van der Waals surface area contributed by atoms with Gasteiger partial charge in [0.2, 0.25) is 0 Å². The van der Waals surface area contributed by atoms with Crippen molar-refractivity contribution in [1.82, 2.24) is 4.98 Å². The first-order valence-corrected chi connectivity index (χ1v) is 6.16. The molecule has 0 aliphatic heterocycles. The minimum Gasteiger partial charge on any atom is -0.476 e. The normalized spacial score (nSPS) is 11.6. The van der Waals surface area contributed by atoms with Gasteiger partial charge in [0.05, 0.1) is 16.3 Å². The van der Waals surface area contributed by atoms with E-state index in [0.29, 0.717) is 6.07 Å². The molecule has 122 valence electrons. The van der Waals surface area contributed by atoms with Gasteiger partial charge in [-0.3, -0.25) is 0 Å². The molecule has 3 N–H and O–H groups in total. The van der Waals surface area contributed by atoms with Crippen molar-refractivity contribution in [1.29, 1.82) is 0 Å². The molecule has 1 heterocycles. The number of halogens is 6. The number of nitrogen functional groups attached to an aromatic ring is 1. The number of alkyl halides is 3. The van der Waals surface area contributed by atoms with Crippen LogP contribution in [0.2, 0.25) is 5.02 Å². The lowest BCUT2D eigenvalue weighted by molar-refractivity contribution is -0.140. The molecule has 0 radical (unpaired) electrons. The number of carbonyl (C=O) groups is 1. The van der Waals surface area contributed by atoms with Crippen molar-refractivity contribution in [3.05, 3.63) is 46.2 Å². The van der Waals surface area contributed by atoms with Gasteiger partial charge >= 0.3 is 12.1 Å². The Morgan fingerprint density at radius 3 is 2.35 bits per heavy atom. The zero-order chi connectivity index (χ0) is 17.5. The van der Waals surface area contributed by atoms with Crippen LogP contribution in [0.3, 0.4) is 0 Å². The van der Waals surface area contributed by atoms with Crippen LogP contribution in [0, 0.1) is 11.6 Å². The third kappa shape index (κ3) is 2.91. The van der Waals surface area contributed by atoms with Crippen LogP contribution in [-0.4, -0.2) is 16.1 Å². The van der Waals surface area contributed by atoms with Gasteiger partial charge in [0.1, 0.15) is 0 Å². The first-order chi connectivity index (χ1) is 10.6. The standard InChI is InChI=1S/C13H6ClF5N2O2/c14-6-3-21-11(12(22)23)7(10(6)20)4-1-2-5(13(17,18)19)9(16)8(4)15/h1-3H,(H2,20,21)(H,22,23). The number of nitrogens with zero attached hydrogens (tertiary/aromatic N) is 1. The lowest BCUT2D eigenvalue weighted by Gasteiger charge is -2.14. The highest BCUT2D eigenvalue weighted by atomic mass is 35.5. The molecule has 1 aromatic carbocycles. The van der Waals surface area contributed by atoms with E-state index in [2.05, 4.69) is 4.98 Å². The van der Waals surface area contributed by atoms with Crippen LogP contribution in [0.5, 0.6) is 0 Å². The number of aromatic nitrogens is 1. The number of carboxylic acids is 1. The highest BCUT2D eigenvalue weighted by Crippen LogP contribution is 2.39. The molecule has 0 saturated carbocycles. The summed E-state index contributed by atoms with van der Waals surface area (Å²) >= 11 is 5.66. The Kier molecular flexibility index (Phi) is 4.16. The summed E-state index contributed by atoms with van der Waals surface area (Å²) in [5, 5.41) is 8.77. The van der Waals surface area contributed by atoms with Gasteiger partial charge in [0.25, 0.3) is 0 Å². The molecule has 0 fully saturated rings. The van der Waals surface area contributed by atoms with Crippen LogP contribution in [-0.2, 0) is 6.18 Å². The second-order valence-corrected chi connectivity index (χ2v) is 4.74. The van der Waals surface area contributed by atoms with Crippen LogP contribution in [0.4, 0.5) is 27.6 Å². The van der Waals surface area contributed by atoms with Crippen molar-refractivity contribution in [2.24, 2.45) is 0 Å². The quantitative estimate of drug-likeness (QED) is 0.802. The molecule has 10 heteroatoms. The summed E-state index contributed by atoms with van der Waals surface area (Å²) in [7, 11) is 0. The molecule has 23 heavy (non-hydrogen) atoms. The van der Waals surface area contributed by atoms with Gasteiger partial charge in [-0.05, 0) is 6.07 Å². The lowest BCUT2D eigenvalue weighted by Crippen LogP contribution is -2.12. The summed E-state index contributed by atoms with van der Waals surface area (Å²) in [6, 6.07) is 0.844. The third-order valence-corrected chi connectivity index (χ3v) is 3.23. The summed E-state index contributed by atoms with van der Waals surface area (Å²) in [6.45, 7) is 0. The van der Waals surface area contributed by atoms with Crippen LogP contribution in [0.15, 0.2) is 18.3 Å². The molecule has 0 aliphatic carbocycles. The van der Waals surface area contributed by atoms with Gasteiger partial charge in [-0.25, -0.2) is 18.6 Å². The zero-order valence-electron chi connectivity index (χ0n) is 10.9. The highest BCUT2D eigenvalue weighted by molar-refractivity contribution is 6.33. The zero-order valence-corrected chi connectivity index (χ0v) is 11.6. The molecular formula is C13H6ClF5N2O2. The molecule has 0 spiro atoms. The topological polar surface area (TPSA) is 76.2 Å². The first kappa shape index (κ1) is 16.9. The maximum absolute atomic E-state index is 14.0. The van der Waals surface area contributed by atoms with Gasteiger partial charge in [-0.1, -0.05) is 17.7 Å². The summed E-state index contributed by atoms with van der Waals surface area (Å²) in [5.41, 5.74) is 1.11. The number of pyridine rings is 1. The molecule has 0 unspecified atom stereocenters. The molecule has 2 rings (SSSR count). The largest absolute Gasteiger partial charge is 0.476 e. The van der Waals surface area contributed by atoms with Crippen molar-refractivity contribution in [2.45, 2.75) is 6.18 Å². The molecule has 0 saturated heterocycles. The van der Waals surface area contributed by atoms with E-state index in [1.54, 1.807) is 0 Å². The maximum atomic E-state index is 14.0. The maximum Gasteiger partial charge on any atom is 0.419 e. The SMILES string of the molecule is Nc1c(Cl)cnc(C(=O)O)c1-c1ccc(C(F)(F)F)c(F)c1F. The number of hydrogen-bond donors (Lipinski definition) is 2. The molecule has 0 bridgehead atoms. The van der Waals surface area contributed by atoms with Crippen LogP contribution in [0.1, 0.15) is 16.1 Å². The Hall–Kier alpha value is -2.42. The number of benzene rings is 1. The number of hydrogen-bond acceptors (Lipinski definition) is 3. The van der Waals surface area contributed by atoms with E-state index in [1.807, 2.05) is 0 Å². The number of anilines is 1. The Balaban J connectivity index is 2.81. The fourth-order valence-electron chi connectivity index (χ4n) is 1.90. The van der Waals surface area contributed by atoms with Gasteiger partial charge in [-0.2, -0.15) is 13.2 Å². The molecule has 1 aromatic heterocycles. The Labute approximate surface area is 130 Å². The van der Waals surface area contributed by atoms with Gasteiger partial charge in [-0.15, -0.1) is 0 Å². The Morgan fingerprint density at radius 1 is 1.22 bits per heavy atom. The van der Waals surface area contributed by atoms with Crippen molar-refractivity contribution < 1.29 is 31.9 Å². The van der Waals surface area contributed by atoms with E-state index in [-0.39, 0.29) is 11.1 Å². The Bertz CT molecular complexity index is 808. The van der Waals surface area contributed by atoms with Crippen molar-refractivity contribution in [3.63, 3.8) is 0 Å². The Morgan fingerprint density at radius 2 is 1.83 bits per heavy atom. The average Bonchev–Trinajstić information content (AvgIpc) is 2.43. The van der Waals surface area contributed by atoms with E-state index >= 15 is 0 Å². The van der Waals surface area contributed by atoms with Gasteiger partial charge in [0, 0.05) is 17.3 Å². The smallest absolute Gasteiger partial charge is 0.419 e. The van der Waals surface area contributed by atoms with E-state index in [9.17, 15) is 26.7 Å². The van der Waals surface area contributed by atoms with E-state index in [1.165, 1.54) is 0 Å². The second-order valence-electron chi connectivity index (χ2n) is 4.33. The van der Waals surface area contributed by atoms with Gasteiger partial charge < -0.3 is 10.8 Å². The number of rotatable bonds is 2. The monoisotopic (exact) mass is 352 g/mol. The highest BCUT2D eigenvalue weighted by Gasteiger charge is 2.36. The summed E-state index contributed by atoms with van der Waals surface area (Å²) in [6.07, 6.45) is -4.24. The van der Waals surface area contributed by atoms with Gasteiger partial charge in [0.15, 0.2) is 17.3 Å². The van der Waals surface area contributed by atoms with Crippen molar-refractivity contribution >= 4 is 23.3 Å². The van der Waals surface area contributed by atoms with E-state index in [0.717, 1.165) is 6.20 Å². The molecular weight excluding hydrogens is 347 g/mol. The summed E-state index contributed by atoms with van der Waals surface area (Å²) in [4.78, 5) is 14.6. The molecule has 0 amide bonds. The lowest BCUT2D eigenvalue weighted by atomic mass is 9.99. The minimum atomic E-state index is -5.11. The van der Waals surface area contributed by atoms with Crippen LogP contribution < -0.4 is 5.73 Å². The minimum absolute atomic E-state index is 0.260. The first-order valence-electron chi connectivity index (χ1n) is 5.78. The predicted octanol–water partition coefficient (Wildman–Crippen LogP) is 3.98. The fourth-order valence-corrected chi connectivity index (χ4v) is 2.04. The molecule has 0 aliphatic rings. The van der Waals surface area contributed by atoms with E-state index < -0.39 is 51.9 Å². The third-order valence-electron chi connectivity index (χ3n) is 2.93. The van der Waals surface area contributed by atoms with Crippen molar-refractivity contribution in [2.75, 3.05) is 5.73 Å². The fraction of sp³-hybridized carbons (Fsp3) is 0.0769. The predicted molar refractivity (Wildman–Crippen MR) is 71.0 cm³/mol. The average molecular weight is 353 g/mol. The number of nitrogens with two attached hydrogens (primary N) is 1. The van der Waals surface area contributed by atoms with Crippen molar-refractivity contribution in [3.8, 4) is 11.1 Å².